The monoisotopic (exact) mass is 513 g/mol. The number of nitrogens with one attached hydrogen (secondary N) is 2. The molecular weight excluding hydrogens is 485 g/mol. The third-order valence-electron chi connectivity index (χ3n) is 5.81. The number of aryl methyl sites for hydroxylation is 1. The summed E-state index contributed by atoms with van der Waals surface area (Å²) in [6.07, 6.45) is 0.328. The van der Waals surface area contributed by atoms with Crippen LogP contribution in [0.3, 0.4) is 0 Å². The van der Waals surface area contributed by atoms with Gasteiger partial charge in [0.15, 0.2) is 0 Å². The molecule has 0 radical (unpaired) electrons. The predicted molar refractivity (Wildman–Crippen MR) is 134 cm³/mol. The topological polar surface area (TPSA) is 170 Å². The van der Waals surface area contributed by atoms with Gasteiger partial charge in [0.1, 0.15) is 17.7 Å². The highest BCUT2D eigenvalue weighted by Crippen LogP contribution is 2.35. The number of aromatic amines is 1. The third-order valence-corrected chi connectivity index (χ3v) is 6.65. The lowest BCUT2D eigenvalue weighted by Gasteiger charge is -2.15. The predicted octanol–water partition coefficient (Wildman–Crippen LogP) is 2.91. The molecule has 0 saturated heterocycles. The zero-order valence-corrected chi connectivity index (χ0v) is 20.8. The van der Waals surface area contributed by atoms with Crippen molar-refractivity contribution in [3.8, 4) is 0 Å². The van der Waals surface area contributed by atoms with Crippen LogP contribution in [0.15, 0.2) is 42.5 Å². The van der Waals surface area contributed by atoms with Gasteiger partial charge in [-0.25, -0.2) is 14.8 Å². The molecule has 1 unspecified atom stereocenters. The van der Waals surface area contributed by atoms with Gasteiger partial charge in [-0.1, -0.05) is 26.0 Å². The summed E-state index contributed by atoms with van der Waals surface area (Å²) in [5.74, 6) is -0.308. The first-order valence-electron chi connectivity index (χ1n) is 11.5. The summed E-state index contributed by atoms with van der Waals surface area (Å²) in [6, 6.07) is 10.8. The van der Waals surface area contributed by atoms with Crippen molar-refractivity contribution in [1.29, 1.82) is 0 Å². The van der Waals surface area contributed by atoms with Crippen LogP contribution in [0.2, 0.25) is 0 Å². The lowest BCUT2D eigenvalue weighted by molar-refractivity contribution is -0.138. The van der Waals surface area contributed by atoms with Crippen molar-refractivity contribution in [2.75, 3.05) is 6.16 Å². The minimum absolute atomic E-state index is 0.167. The van der Waals surface area contributed by atoms with E-state index in [2.05, 4.69) is 29.1 Å². The molecule has 36 heavy (non-hydrogen) atoms. The van der Waals surface area contributed by atoms with Crippen LogP contribution in [-0.4, -0.2) is 58.5 Å². The van der Waals surface area contributed by atoms with Gasteiger partial charge in [0.25, 0.3) is 5.91 Å². The molecule has 2 aromatic heterocycles. The highest BCUT2D eigenvalue weighted by Gasteiger charge is 2.29. The van der Waals surface area contributed by atoms with Crippen LogP contribution in [0.25, 0.3) is 22.1 Å². The Morgan fingerprint density at radius 3 is 2.53 bits per heavy atom. The van der Waals surface area contributed by atoms with E-state index in [0.29, 0.717) is 29.9 Å². The quantitative estimate of drug-likeness (QED) is 0.202. The number of imidazole rings is 2. The number of fused-ring (bicyclic) bond motifs is 2. The minimum Gasteiger partial charge on any atom is -0.480 e. The lowest BCUT2D eigenvalue weighted by atomic mass is 10.1. The number of carboxylic acids is 1. The van der Waals surface area contributed by atoms with Crippen molar-refractivity contribution in [3.63, 3.8) is 0 Å². The summed E-state index contributed by atoms with van der Waals surface area (Å²) in [7, 11) is -4.65. The molecule has 0 saturated carbocycles. The van der Waals surface area contributed by atoms with Crippen molar-refractivity contribution >= 4 is 41.5 Å². The molecule has 0 bridgehead atoms. The Morgan fingerprint density at radius 1 is 1.11 bits per heavy atom. The number of amides is 1. The highest BCUT2D eigenvalue weighted by atomic mass is 31.2. The lowest BCUT2D eigenvalue weighted by Crippen LogP contribution is -2.43. The molecule has 1 atom stereocenters. The molecule has 0 aliphatic heterocycles. The number of para-hydroxylation sites is 2. The first kappa shape index (κ1) is 25.6. The maximum absolute atomic E-state index is 12.8. The fraction of sp³-hybridized carbons (Fsp3) is 0.333. The van der Waals surface area contributed by atoms with E-state index < -0.39 is 31.7 Å². The van der Waals surface area contributed by atoms with E-state index in [4.69, 9.17) is 14.8 Å². The first-order valence-corrected chi connectivity index (χ1v) is 13.3. The maximum atomic E-state index is 12.8. The Labute approximate surface area is 206 Å². The number of benzene rings is 2. The van der Waals surface area contributed by atoms with Gasteiger partial charge in [0.2, 0.25) is 0 Å². The van der Waals surface area contributed by atoms with Crippen LogP contribution < -0.4 is 5.32 Å². The Bertz CT molecular complexity index is 1440. The number of hydrogen-bond acceptors (Lipinski definition) is 5. The standard InChI is InChI=1S/C24H28N5O6P/c1-14(2)9-10-29-20-11-15(23(30)28-19(24(31)32)13-36(33,34)35)7-8-18(20)27-22(29)12-21-25-16-5-3-4-6-17(16)26-21/h3-8,11,14,19H,9-10,12-13H2,1-2H3,(H,25,26)(H,28,30)(H,31,32)(H2,33,34,35). The number of hydrogen-bond donors (Lipinski definition) is 5. The van der Waals surface area contributed by atoms with Crippen molar-refractivity contribution in [2.45, 2.75) is 39.3 Å². The van der Waals surface area contributed by atoms with E-state index in [-0.39, 0.29) is 5.56 Å². The molecule has 190 valence electrons. The zero-order valence-electron chi connectivity index (χ0n) is 19.9. The molecule has 2 heterocycles. The molecule has 12 heteroatoms. The fourth-order valence-electron chi connectivity index (χ4n) is 3.99. The number of nitrogens with zero attached hydrogens (tertiary/aromatic N) is 3. The Balaban J connectivity index is 1.67. The number of carboxylic acid groups (broad SMARTS) is 1. The van der Waals surface area contributed by atoms with Crippen LogP contribution in [-0.2, 0) is 22.3 Å². The Morgan fingerprint density at radius 2 is 1.86 bits per heavy atom. The second-order valence-corrected chi connectivity index (χ2v) is 10.8. The molecule has 1 amide bonds. The van der Waals surface area contributed by atoms with Gasteiger partial charge in [-0.15, -0.1) is 0 Å². The van der Waals surface area contributed by atoms with Crippen LogP contribution in [0.1, 0.15) is 42.3 Å². The SMILES string of the molecule is CC(C)CCn1c(Cc2nc3ccccc3[nH]2)nc2ccc(C(=O)NC(CP(=O)(O)O)C(=O)O)cc21. The summed E-state index contributed by atoms with van der Waals surface area (Å²) in [5, 5.41) is 11.5. The molecule has 0 fully saturated rings. The van der Waals surface area contributed by atoms with Gasteiger partial charge in [-0.2, -0.15) is 0 Å². The summed E-state index contributed by atoms with van der Waals surface area (Å²) < 4.78 is 13.3. The van der Waals surface area contributed by atoms with E-state index in [0.717, 1.165) is 29.1 Å². The van der Waals surface area contributed by atoms with Gasteiger partial charge in [-0.05, 0) is 42.7 Å². The molecule has 0 aliphatic carbocycles. The van der Waals surface area contributed by atoms with Crippen LogP contribution in [0.4, 0.5) is 0 Å². The number of rotatable bonds is 10. The van der Waals surface area contributed by atoms with Gasteiger partial charge in [0.05, 0.1) is 34.6 Å². The van der Waals surface area contributed by atoms with Crippen molar-refractivity contribution < 1.29 is 29.0 Å². The average Bonchev–Trinajstić information content (AvgIpc) is 3.35. The zero-order chi connectivity index (χ0) is 26.0. The molecule has 0 aliphatic rings. The molecule has 5 N–H and O–H groups in total. The molecule has 0 spiro atoms. The van der Waals surface area contributed by atoms with E-state index in [1.165, 1.54) is 6.07 Å². The average molecular weight is 513 g/mol. The highest BCUT2D eigenvalue weighted by molar-refractivity contribution is 7.51. The normalized spacial score (nSPS) is 12.9. The Hall–Kier alpha value is -3.53. The van der Waals surface area contributed by atoms with E-state index in [9.17, 15) is 19.3 Å². The molecule has 4 rings (SSSR count). The van der Waals surface area contributed by atoms with Crippen molar-refractivity contribution in [2.24, 2.45) is 5.92 Å². The number of carbonyl (C=O) groups excluding carboxylic acids is 1. The van der Waals surface area contributed by atoms with Crippen LogP contribution >= 0.6 is 7.60 Å². The maximum Gasteiger partial charge on any atom is 0.328 e. The second-order valence-electron chi connectivity index (χ2n) is 9.15. The minimum atomic E-state index is -4.65. The summed E-state index contributed by atoms with van der Waals surface area (Å²) >= 11 is 0. The van der Waals surface area contributed by atoms with Crippen molar-refractivity contribution in [3.05, 3.63) is 59.7 Å². The van der Waals surface area contributed by atoms with Crippen LogP contribution in [0.5, 0.6) is 0 Å². The number of aromatic nitrogens is 4. The van der Waals surface area contributed by atoms with E-state index >= 15 is 0 Å². The summed E-state index contributed by atoms with van der Waals surface area (Å²) in [4.78, 5) is 55.2. The third kappa shape index (κ3) is 5.99. The molecule has 11 nitrogen and oxygen atoms in total. The smallest absolute Gasteiger partial charge is 0.328 e. The van der Waals surface area contributed by atoms with Gasteiger partial charge >= 0.3 is 13.6 Å². The largest absolute Gasteiger partial charge is 0.480 e. The number of H-pyrrole nitrogens is 1. The summed E-state index contributed by atoms with van der Waals surface area (Å²) in [5.41, 5.74) is 3.34. The van der Waals surface area contributed by atoms with Gasteiger partial charge in [0, 0.05) is 12.1 Å². The van der Waals surface area contributed by atoms with E-state index in [1.54, 1.807) is 12.1 Å². The molecule has 2 aromatic carbocycles. The second kappa shape index (κ2) is 10.2. The van der Waals surface area contributed by atoms with Crippen LogP contribution in [0, 0.1) is 5.92 Å². The molecular formula is C24H28N5O6P. The van der Waals surface area contributed by atoms with Crippen molar-refractivity contribution in [1.82, 2.24) is 24.8 Å². The molecule has 4 aromatic rings. The van der Waals surface area contributed by atoms with E-state index in [1.807, 2.05) is 28.8 Å². The van der Waals surface area contributed by atoms with Gasteiger partial charge in [-0.3, -0.25) is 9.36 Å². The number of carbonyl (C=O) groups is 2. The number of aliphatic carboxylic acids is 1. The fourth-order valence-corrected chi connectivity index (χ4v) is 4.71. The Kier molecular flexibility index (Phi) is 7.26. The summed E-state index contributed by atoms with van der Waals surface area (Å²) in [6.45, 7) is 4.89. The first-order chi connectivity index (χ1) is 17.0. The van der Waals surface area contributed by atoms with Gasteiger partial charge < -0.3 is 29.8 Å².